The highest BCUT2D eigenvalue weighted by Crippen LogP contribution is 2.30. The summed E-state index contributed by atoms with van der Waals surface area (Å²) in [5.41, 5.74) is 1.54. The molecule has 3 aromatic carbocycles. The summed E-state index contributed by atoms with van der Waals surface area (Å²) in [6.07, 6.45) is 0.646. The van der Waals surface area contributed by atoms with Crippen molar-refractivity contribution in [2.75, 3.05) is 32.1 Å². The van der Waals surface area contributed by atoms with Gasteiger partial charge < -0.3 is 30.5 Å². The minimum Gasteiger partial charge on any atom is -0.507 e. The Morgan fingerprint density at radius 3 is 2.16 bits per heavy atom. The number of benzene rings is 3. The van der Waals surface area contributed by atoms with Gasteiger partial charge in [-0.2, -0.15) is 0 Å². The summed E-state index contributed by atoms with van der Waals surface area (Å²) in [6, 6.07) is 10.9. The Morgan fingerprint density at radius 2 is 1.56 bits per heavy atom. The van der Waals surface area contributed by atoms with Crippen molar-refractivity contribution < 1.29 is 33.7 Å². The summed E-state index contributed by atoms with van der Waals surface area (Å²) in [5.74, 6) is -2.87. The lowest BCUT2D eigenvalue weighted by atomic mass is 9.99. The maximum Gasteiger partial charge on any atom is 0.338 e. The minimum atomic E-state index is -0.837. The standard InChI is InChI=1S/C31H34FN3O6.2ClH/c1-17-14-21(15-18(2)28(17)37)30(39)34-22-16-33-13-5-6-25(22)41-31(40)20-9-7-19(8-10-20)29(38)26-24(36)12-11-23(27(26)32)35(3)4;;/h7-12,14-15,22,25,33,36-37H,5-6,13,16H2,1-4H3,(H,34,39);2*1H/t22-,25-;;/m1../s1. The monoisotopic (exact) mass is 635 g/mol. The van der Waals surface area contributed by atoms with Crippen LogP contribution in [-0.4, -0.2) is 67.2 Å². The number of carbonyl (C=O) groups is 3. The number of rotatable bonds is 7. The molecule has 12 heteroatoms. The number of halogens is 3. The molecule has 1 heterocycles. The molecule has 232 valence electrons. The molecule has 2 atom stereocenters. The Bertz CT molecular complexity index is 1460. The number of anilines is 1. The van der Waals surface area contributed by atoms with E-state index in [4.69, 9.17) is 4.74 Å². The van der Waals surface area contributed by atoms with E-state index < -0.39 is 41.0 Å². The molecule has 0 bridgehead atoms. The van der Waals surface area contributed by atoms with E-state index in [1.807, 2.05) is 0 Å². The molecule has 9 nitrogen and oxygen atoms in total. The summed E-state index contributed by atoms with van der Waals surface area (Å²) in [4.78, 5) is 40.6. The van der Waals surface area contributed by atoms with Gasteiger partial charge in [0.15, 0.2) is 11.6 Å². The van der Waals surface area contributed by atoms with Gasteiger partial charge in [0, 0.05) is 31.8 Å². The van der Waals surface area contributed by atoms with Gasteiger partial charge in [-0.15, -0.1) is 24.8 Å². The first-order chi connectivity index (χ1) is 19.5. The van der Waals surface area contributed by atoms with Gasteiger partial charge in [-0.1, -0.05) is 12.1 Å². The maximum atomic E-state index is 15.0. The fraction of sp³-hybridized carbons (Fsp3) is 0.323. The van der Waals surface area contributed by atoms with Crippen LogP contribution < -0.4 is 15.5 Å². The summed E-state index contributed by atoms with van der Waals surface area (Å²) >= 11 is 0. The van der Waals surface area contributed by atoms with Gasteiger partial charge in [0.05, 0.1) is 17.3 Å². The lowest BCUT2D eigenvalue weighted by Crippen LogP contribution is -2.49. The Kier molecular flexibility index (Phi) is 12.4. The summed E-state index contributed by atoms with van der Waals surface area (Å²) in [7, 11) is 3.25. The van der Waals surface area contributed by atoms with Gasteiger partial charge >= 0.3 is 5.97 Å². The normalized spacial score (nSPS) is 16.1. The number of carbonyl (C=O) groups excluding carboxylic acids is 3. The van der Waals surface area contributed by atoms with E-state index in [2.05, 4.69) is 10.6 Å². The van der Waals surface area contributed by atoms with E-state index in [1.54, 1.807) is 40.1 Å². The number of hydrogen-bond acceptors (Lipinski definition) is 8. The molecule has 0 spiro atoms. The number of phenolic OH excluding ortho intramolecular Hbond substituents is 2. The van der Waals surface area contributed by atoms with Crippen LogP contribution in [0.2, 0.25) is 0 Å². The maximum absolute atomic E-state index is 15.0. The minimum absolute atomic E-state index is 0. The third-order valence-corrected chi connectivity index (χ3v) is 7.17. The van der Waals surface area contributed by atoms with Crippen molar-refractivity contribution in [1.29, 1.82) is 0 Å². The van der Waals surface area contributed by atoms with E-state index in [-0.39, 0.29) is 53.3 Å². The van der Waals surface area contributed by atoms with Gasteiger partial charge in [-0.05, 0) is 80.8 Å². The zero-order chi connectivity index (χ0) is 29.8. The van der Waals surface area contributed by atoms with Crippen molar-refractivity contribution in [2.24, 2.45) is 0 Å². The van der Waals surface area contributed by atoms with Crippen molar-refractivity contribution in [1.82, 2.24) is 10.6 Å². The Labute approximate surface area is 262 Å². The summed E-state index contributed by atoms with van der Waals surface area (Å²) in [6.45, 7) is 4.53. The predicted molar refractivity (Wildman–Crippen MR) is 167 cm³/mol. The number of amides is 1. The van der Waals surface area contributed by atoms with Gasteiger partial charge in [0.1, 0.15) is 23.2 Å². The number of ketones is 1. The smallest absolute Gasteiger partial charge is 0.338 e. The molecule has 1 fully saturated rings. The first-order valence-corrected chi connectivity index (χ1v) is 13.3. The number of aromatic hydroxyl groups is 2. The van der Waals surface area contributed by atoms with Crippen molar-refractivity contribution in [3.05, 3.63) is 87.7 Å². The van der Waals surface area contributed by atoms with E-state index in [0.717, 1.165) is 6.42 Å². The molecule has 0 radical (unpaired) electrons. The van der Waals surface area contributed by atoms with E-state index in [0.29, 0.717) is 36.2 Å². The molecule has 43 heavy (non-hydrogen) atoms. The largest absolute Gasteiger partial charge is 0.507 e. The average molecular weight is 637 g/mol. The zero-order valence-electron chi connectivity index (χ0n) is 24.3. The van der Waals surface area contributed by atoms with E-state index >= 15 is 0 Å². The van der Waals surface area contributed by atoms with Gasteiger partial charge in [-0.3, -0.25) is 9.59 Å². The van der Waals surface area contributed by atoms with Crippen LogP contribution in [0.15, 0.2) is 48.5 Å². The Morgan fingerprint density at radius 1 is 0.953 bits per heavy atom. The molecule has 0 unspecified atom stereocenters. The van der Waals surface area contributed by atoms with E-state index in [9.17, 15) is 29.0 Å². The van der Waals surface area contributed by atoms with Crippen LogP contribution in [-0.2, 0) is 4.74 Å². The lowest BCUT2D eigenvalue weighted by molar-refractivity contribution is 0.0192. The molecular weight excluding hydrogens is 600 g/mol. The summed E-state index contributed by atoms with van der Waals surface area (Å²) in [5, 5.41) is 26.4. The topological polar surface area (TPSA) is 128 Å². The molecule has 0 saturated carbocycles. The van der Waals surface area contributed by atoms with Gasteiger partial charge in [0.25, 0.3) is 5.91 Å². The van der Waals surface area contributed by atoms with Crippen LogP contribution in [0.1, 0.15) is 60.6 Å². The van der Waals surface area contributed by atoms with Crippen LogP contribution in [0.25, 0.3) is 0 Å². The molecule has 0 aromatic heterocycles. The number of hydrogen-bond donors (Lipinski definition) is 4. The molecule has 1 amide bonds. The van der Waals surface area contributed by atoms with Crippen LogP contribution in [0, 0.1) is 19.7 Å². The molecular formula is C31H36Cl2FN3O6. The highest BCUT2D eigenvalue weighted by molar-refractivity contribution is 6.11. The van der Waals surface area contributed by atoms with Gasteiger partial charge in [-0.25, -0.2) is 9.18 Å². The predicted octanol–water partition coefficient (Wildman–Crippen LogP) is 4.70. The summed E-state index contributed by atoms with van der Waals surface area (Å²) < 4.78 is 20.8. The number of esters is 1. The first kappa shape index (κ1) is 35.3. The third kappa shape index (κ3) is 7.95. The SMILES string of the molecule is Cc1cc(C(=O)N[C@@H]2CNCCC[C@H]2OC(=O)c2ccc(C(=O)c3c(O)ccc(N(C)C)c3F)cc2)cc(C)c1O.Cl.Cl. The van der Waals surface area contributed by atoms with Crippen molar-refractivity contribution in [3.63, 3.8) is 0 Å². The Hall–Kier alpha value is -3.86. The van der Waals surface area contributed by atoms with Crippen LogP contribution in [0.3, 0.4) is 0 Å². The molecule has 1 saturated heterocycles. The van der Waals surface area contributed by atoms with Gasteiger partial charge in [0.2, 0.25) is 0 Å². The molecule has 4 N–H and O–H groups in total. The lowest BCUT2D eigenvalue weighted by Gasteiger charge is -2.26. The van der Waals surface area contributed by atoms with Crippen LogP contribution in [0.4, 0.5) is 10.1 Å². The highest BCUT2D eigenvalue weighted by atomic mass is 35.5. The molecule has 1 aliphatic rings. The highest BCUT2D eigenvalue weighted by Gasteiger charge is 2.30. The number of ether oxygens (including phenoxy) is 1. The van der Waals surface area contributed by atoms with Crippen LogP contribution >= 0.6 is 24.8 Å². The number of phenols is 2. The molecule has 4 rings (SSSR count). The van der Waals surface area contributed by atoms with Crippen LogP contribution in [0.5, 0.6) is 11.5 Å². The van der Waals surface area contributed by atoms with E-state index in [1.165, 1.54) is 41.3 Å². The second-order valence-corrected chi connectivity index (χ2v) is 10.4. The fourth-order valence-corrected chi connectivity index (χ4v) is 4.87. The fourth-order valence-electron chi connectivity index (χ4n) is 4.87. The average Bonchev–Trinajstić information content (AvgIpc) is 3.15. The van der Waals surface area contributed by atoms with Crippen molar-refractivity contribution >= 4 is 48.2 Å². The van der Waals surface area contributed by atoms with Crippen molar-refractivity contribution in [2.45, 2.75) is 38.8 Å². The molecule has 1 aliphatic heterocycles. The Balaban J connectivity index is 0.00000323. The second kappa shape index (κ2) is 15.0. The zero-order valence-corrected chi connectivity index (χ0v) is 25.9. The first-order valence-electron chi connectivity index (χ1n) is 13.3. The third-order valence-electron chi connectivity index (χ3n) is 7.17. The number of nitrogens with zero attached hydrogens (tertiary/aromatic N) is 1. The number of nitrogens with one attached hydrogen (secondary N) is 2. The van der Waals surface area contributed by atoms with Crippen molar-refractivity contribution in [3.8, 4) is 11.5 Å². The number of aryl methyl sites for hydroxylation is 2. The quantitative estimate of drug-likeness (QED) is 0.217. The molecule has 0 aliphatic carbocycles. The molecule has 3 aromatic rings. The second-order valence-electron chi connectivity index (χ2n) is 10.4.